The molecule has 0 aliphatic carbocycles. The lowest BCUT2D eigenvalue weighted by Gasteiger charge is -2.19. The largest absolute Gasteiger partial charge is 0.490 e. The van der Waals surface area contributed by atoms with E-state index in [1.807, 2.05) is 0 Å². The van der Waals surface area contributed by atoms with Gasteiger partial charge < -0.3 is 35.2 Å². The first-order valence-electron chi connectivity index (χ1n) is 8.51. The summed E-state index contributed by atoms with van der Waals surface area (Å²) in [4.78, 5) is 60.2. The number of aliphatic hydroxyl groups excluding tert-OH is 1. The summed E-state index contributed by atoms with van der Waals surface area (Å²) in [6.45, 7) is -1.01. The molecule has 21 nitrogen and oxygen atoms in total. The van der Waals surface area contributed by atoms with Crippen molar-refractivity contribution in [3.8, 4) is 0 Å². The van der Waals surface area contributed by atoms with E-state index in [9.17, 15) is 33.4 Å². The minimum absolute atomic E-state index is 0.126. The lowest BCUT2D eigenvalue weighted by Crippen LogP contribution is -2.32. The number of aliphatic hydroxyl groups is 1. The summed E-state index contributed by atoms with van der Waals surface area (Å²) in [7, 11) is -16.9. The predicted octanol–water partition coefficient (Wildman–Crippen LogP) is -1.02. The second-order valence-electron chi connectivity index (χ2n) is 6.41. The van der Waals surface area contributed by atoms with Crippen molar-refractivity contribution >= 4 is 40.6 Å². The molecule has 34 heavy (non-hydrogen) atoms. The number of nitrogens with two attached hydrogens (primary N) is 1. The van der Waals surface area contributed by atoms with Gasteiger partial charge in [0.15, 0.2) is 17.4 Å². The Kier molecular flexibility index (Phi) is 7.33. The number of H-pyrrole nitrogens is 1. The van der Waals surface area contributed by atoms with Gasteiger partial charge in [0, 0.05) is 4.91 Å². The zero-order chi connectivity index (χ0) is 25.5. The average molecular weight is 548 g/mol. The molecule has 0 spiro atoms. The third-order valence-corrected chi connectivity index (χ3v) is 7.87. The van der Waals surface area contributed by atoms with Gasteiger partial charge in [0.05, 0.1) is 25.1 Å². The number of anilines is 1. The third-order valence-electron chi connectivity index (χ3n) is 4.06. The van der Waals surface area contributed by atoms with Crippen molar-refractivity contribution in [2.75, 3.05) is 12.3 Å². The Balaban J connectivity index is 1.81. The van der Waals surface area contributed by atoms with Gasteiger partial charge >= 0.3 is 23.5 Å². The standard InChI is InChI=1S/C10H15N8O13P3/c11-10-14-7-5(8(20)15-10)13-2-18(7)9-6(19)4(16-17-12)3(29-9)1-28-33(24,25)31-34(26,27)30-32(21,22)23/h2-4,6,9,19H,1H2,(H,24,25)(H,26,27)(H2,21,22,23)(H3,11,14,15,20)/t3-,4-,6-,9-/m1/s1. The van der Waals surface area contributed by atoms with Gasteiger partial charge in [0.2, 0.25) is 5.95 Å². The highest BCUT2D eigenvalue weighted by molar-refractivity contribution is 7.66. The van der Waals surface area contributed by atoms with Gasteiger partial charge in [-0.3, -0.25) is 18.9 Å². The zero-order valence-electron chi connectivity index (χ0n) is 16.2. The van der Waals surface area contributed by atoms with E-state index in [4.69, 9.17) is 25.8 Å². The van der Waals surface area contributed by atoms with E-state index in [0.29, 0.717) is 0 Å². The van der Waals surface area contributed by atoms with Crippen LogP contribution < -0.4 is 11.3 Å². The number of imidazole rings is 1. The number of azide groups is 1. The van der Waals surface area contributed by atoms with Crippen molar-refractivity contribution in [1.82, 2.24) is 19.5 Å². The summed E-state index contributed by atoms with van der Waals surface area (Å²) in [5, 5.41) is 13.9. The molecular weight excluding hydrogens is 533 g/mol. The second kappa shape index (κ2) is 9.44. The molecule has 2 unspecified atom stereocenters. The molecule has 2 aromatic rings. The fourth-order valence-corrected chi connectivity index (χ4v) is 5.93. The number of ether oxygens (including phenoxy) is 1. The molecule has 1 saturated heterocycles. The Morgan fingerprint density at radius 2 is 1.94 bits per heavy atom. The highest BCUT2D eigenvalue weighted by Gasteiger charge is 2.47. The first-order chi connectivity index (χ1) is 15.6. The first kappa shape index (κ1) is 26.4. The van der Waals surface area contributed by atoms with E-state index in [0.717, 1.165) is 10.9 Å². The van der Waals surface area contributed by atoms with Crippen molar-refractivity contribution < 1.29 is 56.3 Å². The van der Waals surface area contributed by atoms with Gasteiger partial charge in [-0.1, -0.05) is 5.11 Å². The van der Waals surface area contributed by atoms with Crippen LogP contribution in [0.25, 0.3) is 21.6 Å². The van der Waals surface area contributed by atoms with Crippen molar-refractivity contribution in [1.29, 1.82) is 0 Å². The Morgan fingerprint density at radius 3 is 2.56 bits per heavy atom. The molecule has 6 atom stereocenters. The van der Waals surface area contributed by atoms with Crippen LogP contribution in [0.2, 0.25) is 0 Å². The van der Waals surface area contributed by atoms with Crippen molar-refractivity contribution in [2.45, 2.75) is 24.5 Å². The van der Waals surface area contributed by atoms with Crippen molar-refractivity contribution in [3.05, 3.63) is 27.1 Å². The number of nitrogens with zero attached hydrogens (tertiary/aromatic N) is 6. The zero-order valence-corrected chi connectivity index (χ0v) is 18.9. The van der Waals surface area contributed by atoms with Crippen LogP contribution in [0.5, 0.6) is 0 Å². The topological polar surface area (TPSA) is 328 Å². The molecule has 0 saturated carbocycles. The maximum Gasteiger partial charge on any atom is 0.490 e. The molecule has 0 radical (unpaired) electrons. The Bertz CT molecular complexity index is 1330. The number of nitrogen functional groups attached to an aromatic ring is 1. The van der Waals surface area contributed by atoms with E-state index in [1.165, 1.54) is 0 Å². The average Bonchev–Trinajstić information content (AvgIpc) is 3.19. The minimum atomic E-state index is -5.76. The van der Waals surface area contributed by atoms with Crippen LogP contribution in [0.1, 0.15) is 6.23 Å². The van der Waals surface area contributed by atoms with E-state index < -0.39 is 60.1 Å². The molecular formula is C10H15N8O13P3. The van der Waals surface area contributed by atoms with Gasteiger partial charge in [-0.05, 0) is 5.53 Å². The molecule has 3 rings (SSSR count). The molecule has 188 valence electrons. The molecule has 3 heterocycles. The van der Waals surface area contributed by atoms with Crippen LogP contribution >= 0.6 is 23.5 Å². The van der Waals surface area contributed by atoms with Crippen LogP contribution in [0.15, 0.2) is 16.2 Å². The summed E-state index contributed by atoms with van der Waals surface area (Å²) in [6.07, 6.45) is -3.51. The van der Waals surface area contributed by atoms with Gasteiger partial charge in [-0.25, -0.2) is 18.7 Å². The monoisotopic (exact) mass is 548 g/mol. The molecule has 8 N–H and O–H groups in total. The minimum Gasteiger partial charge on any atom is -0.388 e. The molecule has 0 amide bonds. The van der Waals surface area contributed by atoms with E-state index in [1.54, 1.807) is 0 Å². The van der Waals surface area contributed by atoms with Crippen LogP contribution in [-0.4, -0.2) is 69.1 Å². The van der Waals surface area contributed by atoms with Gasteiger partial charge in [-0.2, -0.15) is 13.6 Å². The number of rotatable bonds is 9. The van der Waals surface area contributed by atoms with E-state index in [-0.39, 0.29) is 17.1 Å². The number of hydrogen-bond acceptors (Lipinski definition) is 13. The summed E-state index contributed by atoms with van der Waals surface area (Å²) < 4.78 is 52.2. The molecule has 2 aromatic heterocycles. The Labute approximate surface area is 186 Å². The highest BCUT2D eigenvalue weighted by atomic mass is 31.3. The molecule has 0 bridgehead atoms. The van der Waals surface area contributed by atoms with Gasteiger partial charge in [0.1, 0.15) is 6.10 Å². The van der Waals surface area contributed by atoms with Crippen LogP contribution in [0, 0.1) is 0 Å². The lowest BCUT2D eigenvalue weighted by atomic mass is 10.1. The van der Waals surface area contributed by atoms with Gasteiger partial charge in [0.25, 0.3) is 5.56 Å². The van der Waals surface area contributed by atoms with E-state index >= 15 is 0 Å². The van der Waals surface area contributed by atoms with E-state index in [2.05, 4.69) is 38.1 Å². The number of nitrogens with one attached hydrogen (secondary N) is 1. The third kappa shape index (κ3) is 6.07. The maximum atomic E-state index is 11.9. The quantitative estimate of drug-likeness (QED) is 0.0853. The van der Waals surface area contributed by atoms with Crippen LogP contribution in [0.4, 0.5) is 5.95 Å². The molecule has 24 heteroatoms. The summed E-state index contributed by atoms with van der Waals surface area (Å²) >= 11 is 0. The Hall–Kier alpha value is -2.21. The number of phosphoric ester groups is 1. The number of hydrogen-bond donors (Lipinski definition) is 7. The first-order valence-corrected chi connectivity index (χ1v) is 13.0. The smallest absolute Gasteiger partial charge is 0.388 e. The summed E-state index contributed by atoms with van der Waals surface area (Å²) in [6, 6.07) is -1.47. The molecule has 1 aliphatic rings. The van der Waals surface area contributed by atoms with Gasteiger partial charge in [-0.15, -0.1) is 0 Å². The summed E-state index contributed by atoms with van der Waals surface area (Å²) in [5.41, 5.74) is 13.3. The molecule has 1 aliphatic heterocycles. The normalized spacial score (nSPS) is 26.6. The Morgan fingerprint density at radius 1 is 1.26 bits per heavy atom. The summed E-state index contributed by atoms with van der Waals surface area (Å²) in [5.74, 6) is -0.289. The van der Waals surface area contributed by atoms with Crippen LogP contribution in [0.3, 0.4) is 0 Å². The van der Waals surface area contributed by atoms with Crippen molar-refractivity contribution in [3.63, 3.8) is 0 Å². The number of phosphoric acid groups is 3. The van der Waals surface area contributed by atoms with Crippen LogP contribution in [-0.2, 0) is 31.6 Å². The highest BCUT2D eigenvalue weighted by Crippen LogP contribution is 2.66. The number of aromatic nitrogens is 4. The molecule has 0 aromatic carbocycles. The lowest BCUT2D eigenvalue weighted by molar-refractivity contribution is -0.0482. The number of fused-ring (bicyclic) bond motifs is 1. The van der Waals surface area contributed by atoms with Crippen molar-refractivity contribution in [2.24, 2.45) is 5.11 Å². The fourth-order valence-electron chi connectivity index (χ4n) is 2.90. The molecule has 1 fully saturated rings. The number of aromatic amines is 1. The second-order valence-corrected chi connectivity index (χ2v) is 10.8. The predicted molar refractivity (Wildman–Crippen MR) is 105 cm³/mol. The maximum absolute atomic E-state index is 11.9. The SMILES string of the molecule is [N-]=[N+]=N[C@H]1[C@@H](O)[C@H](n2cnc3c(=O)[nH]c(N)nc32)O[C@@H]1COP(=O)(O)OP(=O)(O)OP(=O)(O)O. The fraction of sp³-hybridized carbons (Fsp3) is 0.500.